The number of fused-ring (bicyclic) bond motifs is 1. The Bertz CT molecular complexity index is 819. The van der Waals surface area contributed by atoms with E-state index in [4.69, 9.17) is 5.11 Å². The predicted molar refractivity (Wildman–Crippen MR) is 91.8 cm³/mol. The number of hydrogen-bond donors (Lipinski definition) is 3. The van der Waals surface area contributed by atoms with Crippen molar-refractivity contribution < 1.29 is 9.90 Å². The van der Waals surface area contributed by atoms with Gasteiger partial charge in [0, 0.05) is 23.1 Å². The summed E-state index contributed by atoms with van der Waals surface area (Å²) >= 11 is 0. The van der Waals surface area contributed by atoms with Gasteiger partial charge in [-0.25, -0.2) is 4.79 Å². The van der Waals surface area contributed by atoms with Crippen molar-refractivity contribution in [2.45, 2.75) is 19.9 Å². The fourth-order valence-electron chi connectivity index (χ4n) is 2.87. The number of carbonyl (C=O) groups is 1. The Morgan fingerprint density at radius 3 is 2.61 bits per heavy atom. The van der Waals surface area contributed by atoms with Crippen LogP contribution in [0.4, 0.5) is 0 Å². The summed E-state index contributed by atoms with van der Waals surface area (Å²) in [6.07, 6.45) is 0.961. The van der Waals surface area contributed by atoms with Crippen molar-refractivity contribution in [3.8, 4) is 0 Å². The van der Waals surface area contributed by atoms with E-state index in [0.29, 0.717) is 5.56 Å². The number of aromatic carboxylic acids is 1. The molecule has 0 aliphatic heterocycles. The molecule has 0 saturated heterocycles. The van der Waals surface area contributed by atoms with Crippen LogP contribution in [0.25, 0.3) is 10.9 Å². The van der Waals surface area contributed by atoms with E-state index in [9.17, 15) is 4.79 Å². The van der Waals surface area contributed by atoms with E-state index in [1.807, 2.05) is 18.2 Å². The van der Waals surface area contributed by atoms with Crippen LogP contribution >= 0.6 is 0 Å². The summed E-state index contributed by atoms with van der Waals surface area (Å²) in [5, 5.41) is 13.6. The first-order valence-electron chi connectivity index (χ1n) is 7.74. The van der Waals surface area contributed by atoms with Crippen molar-refractivity contribution in [2.24, 2.45) is 0 Å². The number of carboxylic acids is 1. The molecule has 23 heavy (non-hydrogen) atoms. The zero-order chi connectivity index (χ0) is 16.2. The summed E-state index contributed by atoms with van der Waals surface area (Å²) in [7, 11) is 0. The van der Waals surface area contributed by atoms with E-state index in [2.05, 4.69) is 35.4 Å². The molecule has 3 aromatic rings. The van der Waals surface area contributed by atoms with E-state index in [0.717, 1.165) is 25.1 Å². The molecule has 0 atom stereocenters. The number of rotatable bonds is 6. The van der Waals surface area contributed by atoms with Crippen LogP contribution in [0, 0.1) is 6.92 Å². The minimum atomic E-state index is -0.890. The molecule has 0 fully saturated rings. The summed E-state index contributed by atoms with van der Waals surface area (Å²) in [6.45, 7) is 3.73. The van der Waals surface area contributed by atoms with E-state index in [1.165, 1.54) is 22.2 Å². The van der Waals surface area contributed by atoms with E-state index in [1.54, 1.807) is 12.1 Å². The number of nitrogens with one attached hydrogen (secondary N) is 2. The van der Waals surface area contributed by atoms with Crippen molar-refractivity contribution in [1.29, 1.82) is 0 Å². The lowest BCUT2D eigenvalue weighted by atomic mass is 10.1. The molecule has 1 heterocycles. The first-order valence-corrected chi connectivity index (χ1v) is 7.74. The normalized spacial score (nSPS) is 11.0. The number of H-pyrrole nitrogens is 1. The fourth-order valence-corrected chi connectivity index (χ4v) is 2.87. The number of aryl methyl sites for hydroxylation is 1. The van der Waals surface area contributed by atoms with Crippen LogP contribution in [0.5, 0.6) is 0 Å². The number of aromatic amines is 1. The number of para-hydroxylation sites is 1. The van der Waals surface area contributed by atoms with E-state index < -0.39 is 5.97 Å². The molecule has 0 bridgehead atoms. The minimum absolute atomic E-state index is 0.322. The summed E-state index contributed by atoms with van der Waals surface area (Å²) < 4.78 is 0. The summed E-state index contributed by atoms with van der Waals surface area (Å²) in [5.41, 5.74) is 5.17. The molecule has 0 saturated carbocycles. The van der Waals surface area contributed by atoms with Gasteiger partial charge in [-0.2, -0.15) is 0 Å². The van der Waals surface area contributed by atoms with Crippen LogP contribution < -0.4 is 5.32 Å². The zero-order valence-electron chi connectivity index (χ0n) is 13.1. The molecule has 0 aliphatic carbocycles. The molecule has 0 amide bonds. The number of carboxylic acid groups (broad SMARTS) is 1. The highest BCUT2D eigenvalue weighted by Crippen LogP contribution is 2.21. The monoisotopic (exact) mass is 308 g/mol. The first kappa shape index (κ1) is 15.3. The second-order valence-corrected chi connectivity index (χ2v) is 5.70. The molecule has 4 heteroatoms. The minimum Gasteiger partial charge on any atom is -0.478 e. The molecule has 0 unspecified atom stereocenters. The van der Waals surface area contributed by atoms with Crippen molar-refractivity contribution in [3.05, 3.63) is 70.9 Å². The lowest BCUT2D eigenvalue weighted by molar-refractivity contribution is 0.0697. The Balaban J connectivity index is 1.57. The molecular weight excluding hydrogens is 288 g/mol. The highest BCUT2D eigenvalue weighted by Gasteiger charge is 2.07. The lowest BCUT2D eigenvalue weighted by Crippen LogP contribution is -2.17. The molecule has 3 rings (SSSR count). The van der Waals surface area contributed by atoms with E-state index in [-0.39, 0.29) is 0 Å². The quantitative estimate of drug-likeness (QED) is 0.611. The third-order valence-electron chi connectivity index (χ3n) is 4.11. The summed E-state index contributed by atoms with van der Waals surface area (Å²) in [5.74, 6) is -0.890. The number of hydrogen-bond acceptors (Lipinski definition) is 2. The van der Waals surface area contributed by atoms with Gasteiger partial charge in [-0.1, -0.05) is 30.3 Å². The van der Waals surface area contributed by atoms with Gasteiger partial charge in [0.05, 0.1) is 5.56 Å². The van der Waals surface area contributed by atoms with Gasteiger partial charge in [0.25, 0.3) is 0 Å². The maximum atomic E-state index is 10.8. The van der Waals surface area contributed by atoms with Gasteiger partial charge in [0.15, 0.2) is 0 Å². The second-order valence-electron chi connectivity index (χ2n) is 5.70. The zero-order valence-corrected chi connectivity index (χ0v) is 13.1. The molecule has 4 nitrogen and oxygen atoms in total. The predicted octanol–water partition coefficient (Wildman–Crippen LogP) is 3.51. The van der Waals surface area contributed by atoms with Crippen LogP contribution in [-0.4, -0.2) is 22.6 Å². The fraction of sp³-hybridized carbons (Fsp3) is 0.211. The van der Waals surface area contributed by atoms with Crippen LogP contribution in [0.2, 0.25) is 0 Å². The maximum Gasteiger partial charge on any atom is 0.335 e. The van der Waals surface area contributed by atoms with E-state index >= 15 is 0 Å². The first-order chi connectivity index (χ1) is 11.1. The molecular formula is C19H20N2O2. The highest BCUT2D eigenvalue weighted by molar-refractivity contribution is 5.87. The number of aromatic nitrogens is 1. The Labute approximate surface area is 135 Å². The third kappa shape index (κ3) is 3.43. The van der Waals surface area contributed by atoms with Gasteiger partial charge < -0.3 is 15.4 Å². The molecule has 118 valence electrons. The second kappa shape index (κ2) is 6.67. The average molecular weight is 308 g/mol. The van der Waals surface area contributed by atoms with Gasteiger partial charge in [-0.05, 0) is 49.2 Å². The van der Waals surface area contributed by atoms with Gasteiger partial charge in [0.2, 0.25) is 0 Å². The highest BCUT2D eigenvalue weighted by atomic mass is 16.4. The van der Waals surface area contributed by atoms with Gasteiger partial charge in [-0.15, -0.1) is 0 Å². The summed E-state index contributed by atoms with van der Waals surface area (Å²) in [6, 6.07) is 15.4. The molecule has 2 aromatic carbocycles. The Morgan fingerprint density at radius 2 is 1.87 bits per heavy atom. The average Bonchev–Trinajstić information content (AvgIpc) is 2.87. The topological polar surface area (TPSA) is 65.1 Å². The smallest absolute Gasteiger partial charge is 0.335 e. The van der Waals surface area contributed by atoms with Crippen LogP contribution in [0.3, 0.4) is 0 Å². The molecule has 0 aliphatic rings. The SMILES string of the molecule is Cc1[nH]c2ccccc2c1CCNCc1ccc(C(=O)O)cc1. The molecule has 0 spiro atoms. The maximum absolute atomic E-state index is 10.8. The molecule has 1 aromatic heterocycles. The van der Waals surface area contributed by atoms with Crippen molar-refractivity contribution in [1.82, 2.24) is 10.3 Å². The Morgan fingerprint density at radius 1 is 1.13 bits per heavy atom. The third-order valence-corrected chi connectivity index (χ3v) is 4.11. The largest absolute Gasteiger partial charge is 0.478 e. The van der Waals surface area contributed by atoms with Crippen LogP contribution in [0.15, 0.2) is 48.5 Å². The van der Waals surface area contributed by atoms with Crippen LogP contribution in [-0.2, 0) is 13.0 Å². The number of benzene rings is 2. The Kier molecular flexibility index (Phi) is 4.44. The van der Waals surface area contributed by atoms with Gasteiger partial charge in [0.1, 0.15) is 0 Å². The summed E-state index contributed by atoms with van der Waals surface area (Å²) in [4.78, 5) is 14.2. The lowest BCUT2D eigenvalue weighted by Gasteiger charge is -2.06. The molecule has 0 radical (unpaired) electrons. The van der Waals surface area contributed by atoms with Crippen molar-refractivity contribution >= 4 is 16.9 Å². The van der Waals surface area contributed by atoms with Crippen LogP contribution in [0.1, 0.15) is 27.2 Å². The van der Waals surface area contributed by atoms with Crippen molar-refractivity contribution in [2.75, 3.05) is 6.54 Å². The van der Waals surface area contributed by atoms with Gasteiger partial charge >= 0.3 is 5.97 Å². The van der Waals surface area contributed by atoms with Crippen molar-refractivity contribution in [3.63, 3.8) is 0 Å². The molecule has 3 N–H and O–H groups in total. The van der Waals surface area contributed by atoms with Gasteiger partial charge in [-0.3, -0.25) is 0 Å². The standard InChI is InChI=1S/C19H20N2O2/c1-13-16(17-4-2-3-5-18(17)21-13)10-11-20-12-14-6-8-15(9-7-14)19(22)23/h2-9,20-21H,10-12H2,1H3,(H,22,23). The Hall–Kier alpha value is -2.59.